The average molecular weight is 338 g/mol. The molecule has 5 nitrogen and oxygen atoms in total. The smallest absolute Gasteiger partial charge is 0.223 e. The molecule has 24 heavy (non-hydrogen) atoms. The normalized spacial score (nSPS) is 24.7. The average Bonchev–Trinajstić information content (AvgIpc) is 3.06. The fraction of sp³-hybridized carbons (Fsp3) is 0.895. The topological polar surface area (TPSA) is 84.2 Å². The zero-order valence-corrected chi connectivity index (χ0v) is 15.0. The molecule has 0 spiro atoms. The molecule has 0 bridgehead atoms. The van der Waals surface area contributed by atoms with Crippen molar-refractivity contribution in [1.29, 1.82) is 0 Å². The van der Waals surface area contributed by atoms with Gasteiger partial charge in [-0.05, 0) is 57.4 Å². The number of hydrogen-bond donors (Lipinski definition) is 3. The highest BCUT2D eigenvalue weighted by Crippen LogP contribution is 2.27. The van der Waals surface area contributed by atoms with Gasteiger partial charge in [0.05, 0.1) is 0 Å². The van der Waals surface area contributed by atoms with Gasteiger partial charge in [0.25, 0.3) is 0 Å². The molecule has 4 N–H and O–H groups in total. The monoisotopic (exact) mass is 337 g/mol. The molecule has 0 aromatic heterocycles. The highest BCUT2D eigenvalue weighted by atomic mass is 16.2. The highest BCUT2D eigenvalue weighted by molar-refractivity contribution is 5.79. The van der Waals surface area contributed by atoms with E-state index in [-0.39, 0.29) is 23.8 Å². The van der Waals surface area contributed by atoms with E-state index >= 15 is 0 Å². The van der Waals surface area contributed by atoms with Crippen molar-refractivity contribution in [2.45, 2.75) is 83.1 Å². The van der Waals surface area contributed by atoms with Crippen LogP contribution in [0.25, 0.3) is 0 Å². The second-order valence-electron chi connectivity index (χ2n) is 7.62. The molecular weight excluding hydrogens is 302 g/mol. The Bertz CT molecular complexity index is 394. The largest absolute Gasteiger partial charge is 0.356 e. The van der Waals surface area contributed by atoms with Crippen molar-refractivity contribution in [2.75, 3.05) is 13.1 Å². The first-order chi connectivity index (χ1) is 11.7. The van der Waals surface area contributed by atoms with Crippen molar-refractivity contribution >= 4 is 11.8 Å². The van der Waals surface area contributed by atoms with Crippen molar-refractivity contribution in [3.8, 4) is 0 Å². The summed E-state index contributed by atoms with van der Waals surface area (Å²) in [7, 11) is 0. The van der Waals surface area contributed by atoms with Gasteiger partial charge in [0.1, 0.15) is 0 Å². The summed E-state index contributed by atoms with van der Waals surface area (Å²) in [5.41, 5.74) is 5.45. The fourth-order valence-electron chi connectivity index (χ4n) is 4.04. The number of unbranched alkanes of at least 4 members (excludes halogenated alkanes) is 2. The van der Waals surface area contributed by atoms with E-state index in [0.717, 1.165) is 45.1 Å². The molecular formula is C19H35N3O2. The van der Waals surface area contributed by atoms with Gasteiger partial charge in [-0.25, -0.2) is 0 Å². The molecule has 0 unspecified atom stereocenters. The van der Waals surface area contributed by atoms with Crippen molar-refractivity contribution in [3.63, 3.8) is 0 Å². The summed E-state index contributed by atoms with van der Waals surface area (Å²) in [6.45, 7) is 1.54. The number of rotatable bonds is 9. The summed E-state index contributed by atoms with van der Waals surface area (Å²) in [5.74, 6) is 1.07. The van der Waals surface area contributed by atoms with Crippen LogP contribution >= 0.6 is 0 Å². The fourth-order valence-corrected chi connectivity index (χ4v) is 4.04. The molecule has 2 amide bonds. The third-order valence-corrected chi connectivity index (χ3v) is 5.57. The molecule has 0 aromatic rings. The lowest BCUT2D eigenvalue weighted by molar-refractivity contribution is -0.125. The Balaban J connectivity index is 1.59. The molecule has 0 heterocycles. The van der Waals surface area contributed by atoms with Gasteiger partial charge in [-0.1, -0.05) is 25.7 Å². The Morgan fingerprint density at radius 2 is 1.75 bits per heavy atom. The summed E-state index contributed by atoms with van der Waals surface area (Å²) in [4.78, 5) is 24.3. The molecule has 2 rings (SSSR count). The van der Waals surface area contributed by atoms with Gasteiger partial charge in [0.2, 0.25) is 11.8 Å². The van der Waals surface area contributed by atoms with Crippen LogP contribution in [0.1, 0.15) is 77.0 Å². The molecule has 5 heteroatoms. The lowest BCUT2D eigenvalue weighted by Crippen LogP contribution is -2.36. The van der Waals surface area contributed by atoms with Crippen LogP contribution in [-0.2, 0) is 9.59 Å². The van der Waals surface area contributed by atoms with Gasteiger partial charge in [-0.2, -0.15) is 0 Å². The van der Waals surface area contributed by atoms with E-state index in [9.17, 15) is 9.59 Å². The van der Waals surface area contributed by atoms with E-state index < -0.39 is 0 Å². The van der Waals surface area contributed by atoms with Crippen molar-refractivity contribution in [1.82, 2.24) is 10.6 Å². The van der Waals surface area contributed by atoms with Crippen LogP contribution in [0, 0.1) is 11.8 Å². The van der Waals surface area contributed by atoms with E-state index in [1.54, 1.807) is 0 Å². The molecule has 138 valence electrons. The Morgan fingerprint density at radius 1 is 0.958 bits per heavy atom. The predicted octanol–water partition coefficient (Wildman–Crippen LogP) is 2.49. The Morgan fingerprint density at radius 3 is 2.50 bits per heavy atom. The summed E-state index contributed by atoms with van der Waals surface area (Å²) in [6.07, 6.45) is 12.6. The van der Waals surface area contributed by atoms with Crippen LogP contribution in [0.3, 0.4) is 0 Å². The molecule has 0 saturated heterocycles. The van der Waals surface area contributed by atoms with E-state index in [4.69, 9.17) is 5.73 Å². The molecule has 2 aliphatic carbocycles. The minimum atomic E-state index is 0.0798. The number of hydrogen-bond acceptors (Lipinski definition) is 3. The van der Waals surface area contributed by atoms with E-state index in [0.29, 0.717) is 18.9 Å². The van der Waals surface area contributed by atoms with Gasteiger partial charge in [-0.15, -0.1) is 0 Å². The van der Waals surface area contributed by atoms with Crippen LogP contribution in [0.5, 0.6) is 0 Å². The summed E-state index contributed by atoms with van der Waals surface area (Å²) < 4.78 is 0. The first kappa shape index (κ1) is 19.2. The van der Waals surface area contributed by atoms with Gasteiger partial charge in [0, 0.05) is 24.9 Å². The number of amides is 2. The maximum atomic E-state index is 12.3. The molecule has 0 aromatic carbocycles. The lowest BCUT2D eigenvalue weighted by Gasteiger charge is -2.22. The standard InChI is InChI=1S/C19H35N3O2/c20-12-6-2-5-9-18(23)22-17-11-10-16(13-17)19(24)21-14-15-7-3-1-4-8-15/h15-17H,1-14,20H2,(H,21,24)(H,22,23)/t16-,17+/m1/s1. The second-order valence-corrected chi connectivity index (χ2v) is 7.62. The van der Waals surface area contributed by atoms with Crippen LogP contribution in [0.4, 0.5) is 0 Å². The molecule has 2 atom stereocenters. The van der Waals surface area contributed by atoms with Gasteiger partial charge in [0.15, 0.2) is 0 Å². The van der Waals surface area contributed by atoms with Crippen molar-refractivity contribution in [3.05, 3.63) is 0 Å². The minimum Gasteiger partial charge on any atom is -0.356 e. The van der Waals surface area contributed by atoms with Gasteiger partial charge in [-0.3, -0.25) is 9.59 Å². The minimum absolute atomic E-state index is 0.0798. The molecule has 2 fully saturated rings. The summed E-state index contributed by atoms with van der Waals surface area (Å²) in [6, 6.07) is 0.178. The summed E-state index contributed by atoms with van der Waals surface area (Å²) >= 11 is 0. The number of carbonyl (C=O) groups is 2. The first-order valence-electron chi connectivity index (χ1n) is 9.96. The molecule has 2 aliphatic rings. The molecule has 2 saturated carbocycles. The quantitative estimate of drug-likeness (QED) is 0.565. The Labute approximate surface area is 146 Å². The van der Waals surface area contributed by atoms with Crippen LogP contribution in [0.15, 0.2) is 0 Å². The Hall–Kier alpha value is -1.10. The molecule has 0 aliphatic heterocycles. The van der Waals surface area contributed by atoms with Crippen LogP contribution in [0.2, 0.25) is 0 Å². The maximum absolute atomic E-state index is 12.3. The SMILES string of the molecule is NCCCCCC(=O)N[C@H]1CC[C@@H](C(=O)NCC2CCCCC2)C1. The van der Waals surface area contributed by atoms with Gasteiger partial charge < -0.3 is 16.4 Å². The number of carbonyl (C=O) groups excluding carboxylic acids is 2. The zero-order chi connectivity index (χ0) is 17.2. The number of nitrogens with two attached hydrogens (primary N) is 1. The van der Waals surface area contributed by atoms with Crippen molar-refractivity contribution in [2.24, 2.45) is 17.6 Å². The third kappa shape index (κ3) is 6.80. The first-order valence-corrected chi connectivity index (χ1v) is 9.96. The summed E-state index contributed by atoms with van der Waals surface area (Å²) in [5, 5.41) is 6.25. The highest BCUT2D eigenvalue weighted by Gasteiger charge is 2.30. The lowest BCUT2D eigenvalue weighted by atomic mass is 9.89. The van der Waals surface area contributed by atoms with E-state index in [1.807, 2.05) is 0 Å². The van der Waals surface area contributed by atoms with E-state index in [1.165, 1.54) is 32.1 Å². The third-order valence-electron chi connectivity index (χ3n) is 5.57. The zero-order valence-electron chi connectivity index (χ0n) is 15.0. The maximum Gasteiger partial charge on any atom is 0.223 e. The van der Waals surface area contributed by atoms with Crippen LogP contribution in [-0.4, -0.2) is 30.9 Å². The second kappa shape index (κ2) is 10.7. The molecule has 0 radical (unpaired) electrons. The predicted molar refractivity (Wildman–Crippen MR) is 96.4 cm³/mol. The van der Waals surface area contributed by atoms with Crippen LogP contribution < -0.4 is 16.4 Å². The Kier molecular flexibility index (Phi) is 8.57. The number of nitrogens with one attached hydrogen (secondary N) is 2. The van der Waals surface area contributed by atoms with Gasteiger partial charge >= 0.3 is 0 Å². The van der Waals surface area contributed by atoms with E-state index in [2.05, 4.69) is 10.6 Å². The van der Waals surface area contributed by atoms with Crippen molar-refractivity contribution < 1.29 is 9.59 Å².